The van der Waals surface area contributed by atoms with Crippen LogP contribution < -0.4 is 20.3 Å². The summed E-state index contributed by atoms with van der Waals surface area (Å²) in [5.41, 5.74) is 2.76. The van der Waals surface area contributed by atoms with Crippen LogP contribution in [0.1, 0.15) is 18.9 Å². The Labute approximate surface area is 172 Å². The van der Waals surface area contributed by atoms with Crippen molar-refractivity contribution in [2.45, 2.75) is 26.3 Å². The monoisotopic (exact) mass is 410 g/mol. The van der Waals surface area contributed by atoms with Crippen molar-refractivity contribution in [3.8, 4) is 5.75 Å². The van der Waals surface area contributed by atoms with Crippen molar-refractivity contribution in [2.24, 2.45) is 0 Å². The Balaban J connectivity index is 1.37. The summed E-state index contributed by atoms with van der Waals surface area (Å²) in [6, 6.07) is 12.7. The topological polar surface area (TPSA) is 83.6 Å². The number of nitrogens with one attached hydrogen (secondary N) is 2. The summed E-state index contributed by atoms with van der Waals surface area (Å²) in [5.74, 6) is 0.748. The average Bonchev–Trinajstić information content (AvgIpc) is 3.26. The summed E-state index contributed by atoms with van der Waals surface area (Å²) >= 11 is 1.43. The highest BCUT2D eigenvalue weighted by molar-refractivity contribution is 7.22. The van der Waals surface area contributed by atoms with E-state index in [2.05, 4.69) is 15.6 Å². The molecule has 0 aliphatic carbocycles. The molecule has 1 fully saturated rings. The molecule has 0 radical (unpaired) electrons. The Kier molecular flexibility index (Phi) is 5.35. The lowest BCUT2D eigenvalue weighted by molar-refractivity contribution is -0.117. The number of rotatable bonds is 5. The number of carbonyl (C=O) groups is 2. The van der Waals surface area contributed by atoms with Gasteiger partial charge in [-0.1, -0.05) is 23.5 Å². The Bertz CT molecular complexity index is 1050. The molecular formula is C21H22N4O3S. The van der Waals surface area contributed by atoms with Crippen molar-refractivity contribution in [1.82, 2.24) is 10.3 Å². The number of aromatic nitrogens is 1. The van der Waals surface area contributed by atoms with E-state index in [9.17, 15) is 9.59 Å². The smallest absolute Gasteiger partial charge is 0.321 e. The van der Waals surface area contributed by atoms with E-state index in [1.807, 2.05) is 56.3 Å². The van der Waals surface area contributed by atoms with Gasteiger partial charge in [0.25, 0.3) is 0 Å². The minimum absolute atomic E-state index is 0.0185. The molecule has 1 aromatic heterocycles. The van der Waals surface area contributed by atoms with Gasteiger partial charge in [-0.3, -0.25) is 10.1 Å². The summed E-state index contributed by atoms with van der Waals surface area (Å²) in [5, 5.41) is 6.21. The first-order valence-electron chi connectivity index (χ1n) is 9.50. The molecule has 29 heavy (non-hydrogen) atoms. The van der Waals surface area contributed by atoms with Crippen molar-refractivity contribution in [3.05, 3.63) is 48.0 Å². The zero-order chi connectivity index (χ0) is 20.4. The molecule has 7 nitrogen and oxygen atoms in total. The Morgan fingerprint density at radius 1 is 1.28 bits per heavy atom. The third-order valence-electron chi connectivity index (χ3n) is 4.76. The van der Waals surface area contributed by atoms with E-state index in [1.54, 1.807) is 4.90 Å². The Morgan fingerprint density at radius 2 is 2.07 bits per heavy atom. The third kappa shape index (κ3) is 4.17. The molecule has 1 aliphatic rings. The molecule has 1 saturated heterocycles. The number of para-hydroxylation sites is 1. The van der Waals surface area contributed by atoms with Crippen LogP contribution in [0.15, 0.2) is 42.5 Å². The summed E-state index contributed by atoms with van der Waals surface area (Å²) in [7, 11) is 0. The quantitative estimate of drug-likeness (QED) is 0.668. The van der Waals surface area contributed by atoms with Crippen molar-refractivity contribution in [1.29, 1.82) is 0 Å². The highest BCUT2D eigenvalue weighted by Gasteiger charge is 2.31. The van der Waals surface area contributed by atoms with Crippen LogP contribution in [0.3, 0.4) is 0 Å². The molecule has 1 unspecified atom stereocenters. The van der Waals surface area contributed by atoms with Crippen LogP contribution in [-0.2, 0) is 4.79 Å². The highest BCUT2D eigenvalue weighted by Crippen LogP contribution is 2.28. The fourth-order valence-electron chi connectivity index (χ4n) is 3.40. The number of hydrogen-bond acceptors (Lipinski definition) is 5. The van der Waals surface area contributed by atoms with Gasteiger partial charge in [0.05, 0.1) is 22.9 Å². The SMILES string of the molecule is CCOc1ccc(N2CC(NC(=O)Nc3nc4c(C)cccc4s3)CC2=O)cc1. The minimum Gasteiger partial charge on any atom is -0.494 e. The number of amides is 3. The number of thiazole rings is 1. The van der Waals surface area contributed by atoms with Crippen molar-refractivity contribution in [2.75, 3.05) is 23.4 Å². The second-order valence-electron chi connectivity index (χ2n) is 6.87. The fraction of sp³-hybridized carbons (Fsp3) is 0.286. The van der Waals surface area contributed by atoms with Crippen LogP contribution in [0.4, 0.5) is 15.6 Å². The van der Waals surface area contributed by atoms with Crippen LogP contribution >= 0.6 is 11.3 Å². The highest BCUT2D eigenvalue weighted by atomic mass is 32.1. The predicted molar refractivity (Wildman–Crippen MR) is 115 cm³/mol. The second kappa shape index (κ2) is 8.08. The van der Waals surface area contributed by atoms with Gasteiger partial charge in [0.15, 0.2) is 5.13 Å². The number of hydrogen-bond donors (Lipinski definition) is 2. The predicted octanol–water partition coefficient (Wildman–Crippen LogP) is 3.93. The summed E-state index contributed by atoms with van der Waals surface area (Å²) in [6.07, 6.45) is 0.263. The largest absolute Gasteiger partial charge is 0.494 e. The second-order valence-corrected chi connectivity index (χ2v) is 7.90. The molecule has 8 heteroatoms. The molecule has 1 aliphatic heterocycles. The first-order valence-corrected chi connectivity index (χ1v) is 10.3. The number of anilines is 2. The van der Waals surface area contributed by atoms with Gasteiger partial charge in [-0.25, -0.2) is 9.78 Å². The standard InChI is InChI=1S/C21H22N4O3S/c1-3-28-16-9-7-15(8-10-16)25-12-14(11-18(25)26)22-20(27)24-21-23-19-13(2)5-4-6-17(19)29-21/h4-10,14H,3,11-12H2,1-2H3,(H2,22,23,24,27). The van der Waals surface area contributed by atoms with Gasteiger partial charge in [0, 0.05) is 18.7 Å². The van der Waals surface area contributed by atoms with Crippen molar-refractivity contribution >= 4 is 44.3 Å². The first-order chi connectivity index (χ1) is 14.0. The van der Waals surface area contributed by atoms with Crippen LogP contribution in [-0.4, -0.2) is 36.1 Å². The number of fused-ring (bicyclic) bond motifs is 1. The molecule has 4 rings (SSSR count). The van der Waals surface area contributed by atoms with E-state index in [4.69, 9.17) is 4.74 Å². The zero-order valence-corrected chi connectivity index (χ0v) is 17.1. The normalized spacial score (nSPS) is 16.3. The Morgan fingerprint density at radius 3 is 2.79 bits per heavy atom. The van der Waals surface area contributed by atoms with Crippen LogP contribution in [0.2, 0.25) is 0 Å². The summed E-state index contributed by atoms with van der Waals surface area (Å²) < 4.78 is 6.46. The van der Waals surface area contributed by atoms with Gasteiger partial charge in [0.1, 0.15) is 5.75 Å². The average molecular weight is 410 g/mol. The molecule has 3 amide bonds. The van der Waals surface area contributed by atoms with E-state index < -0.39 is 0 Å². The minimum atomic E-state index is -0.354. The maximum Gasteiger partial charge on any atom is 0.321 e. The maximum atomic E-state index is 12.4. The number of carbonyl (C=O) groups excluding carboxylic acids is 2. The molecule has 3 aromatic rings. The van der Waals surface area contributed by atoms with Crippen LogP contribution in [0.25, 0.3) is 10.2 Å². The van der Waals surface area contributed by atoms with Crippen molar-refractivity contribution < 1.29 is 14.3 Å². The lowest BCUT2D eigenvalue weighted by atomic mass is 10.2. The zero-order valence-electron chi connectivity index (χ0n) is 16.3. The Hall–Kier alpha value is -3.13. The number of benzene rings is 2. The van der Waals surface area contributed by atoms with E-state index in [0.717, 1.165) is 27.2 Å². The maximum absolute atomic E-state index is 12.4. The molecular weight excluding hydrogens is 388 g/mol. The number of aryl methyl sites for hydroxylation is 1. The van der Waals surface area contributed by atoms with E-state index in [1.165, 1.54) is 11.3 Å². The van der Waals surface area contributed by atoms with Crippen molar-refractivity contribution in [3.63, 3.8) is 0 Å². The number of nitrogens with zero attached hydrogens (tertiary/aromatic N) is 2. The van der Waals surface area contributed by atoms with E-state index in [-0.39, 0.29) is 24.4 Å². The van der Waals surface area contributed by atoms with Gasteiger partial charge >= 0.3 is 6.03 Å². The third-order valence-corrected chi connectivity index (χ3v) is 5.70. The fourth-order valence-corrected chi connectivity index (χ4v) is 4.34. The molecule has 0 spiro atoms. The molecule has 2 aromatic carbocycles. The molecule has 1 atom stereocenters. The first kappa shape index (κ1) is 19.2. The molecule has 0 saturated carbocycles. The van der Waals surface area contributed by atoms with E-state index in [0.29, 0.717) is 18.3 Å². The van der Waals surface area contributed by atoms with E-state index >= 15 is 0 Å². The van der Waals surface area contributed by atoms with Gasteiger partial charge in [-0.15, -0.1) is 0 Å². The lowest BCUT2D eigenvalue weighted by Crippen LogP contribution is -2.39. The van der Waals surface area contributed by atoms with Crippen LogP contribution in [0.5, 0.6) is 5.75 Å². The molecule has 2 N–H and O–H groups in total. The van der Waals surface area contributed by atoms with Gasteiger partial charge in [-0.2, -0.15) is 0 Å². The molecule has 2 heterocycles. The number of ether oxygens (including phenoxy) is 1. The lowest BCUT2D eigenvalue weighted by Gasteiger charge is -2.17. The number of urea groups is 1. The molecule has 0 bridgehead atoms. The van der Waals surface area contributed by atoms with Gasteiger partial charge in [-0.05, 0) is 49.7 Å². The molecule has 150 valence electrons. The van der Waals surface area contributed by atoms with Gasteiger partial charge in [0.2, 0.25) is 5.91 Å². The summed E-state index contributed by atoms with van der Waals surface area (Å²) in [6.45, 7) is 4.94. The van der Waals surface area contributed by atoms with Gasteiger partial charge < -0.3 is 15.0 Å². The van der Waals surface area contributed by atoms with Crippen LogP contribution in [0, 0.1) is 6.92 Å². The summed E-state index contributed by atoms with van der Waals surface area (Å²) in [4.78, 5) is 31.0.